The summed E-state index contributed by atoms with van der Waals surface area (Å²) in [5.41, 5.74) is 1.33. The summed E-state index contributed by atoms with van der Waals surface area (Å²) in [4.78, 5) is 40.4. The molecule has 156 valence electrons. The molecule has 0 aromatic heterocycles. The molecule has 0 unspecified atom stereocenters. The molecule has 2 aromatic carbocycles. The Morgan fingerprint density at radius 1 is 0.833 bits per heavy atom. The predicted molar refractivity (Wildman–Crippen MR) is 110 cm³/mol. The molecule has 0 amide bonds. The fraction of sp³-hybridized carbons (Fsp3) is 0.261. The molecule has 2 aromatic rings. The van der Waals surface area contributed by atoms with Crippen LogP contribution in [0.3, 0.4) is 0 Å². The van der Waals surface area contributed by atoms with Crippen molar-refractivity contribution in [2.24, 2.45) is 0 Å². The number of carbonyl (C=O) groups is 3. The third-order valence-corrected chi connectivity index (χ3v) is 4.88. The van der Waals surface area contributed by atoms with Gasteiger partial charge in [0.1, 0.15) is 0 Å². The van der Waals surface area contributed by atoms with Crippen molar-refractivity contribution in [3.8, 4) is 0 Å². The second kappa shape index (κ2) is 9.26. The summed E-state index contributed by atoms with van der Waals surface area (Å²) >= 11 is 0. The van der Waals surface area contributed by atoms with Gasteiger partial charge in [-0.1, -0.05) is 48.5 Å². The zero-order valence-corrected chi connectivity index (χ0v) is 17.0. The number of methoxy groups -OCH3 is 2. The van der Waals surface area contributed by atoms with Gasteiger partial charge in [0, 0.05) is 5.69 Å². The average molecular weight is 409 g/mol. The third-order valence-electron chi connectivity index (χ3n) is 4.88. The first-order chi connectivity index (χ1) is 14.5. The van der Waals surface area contributed by atoms with E-state index >= 15 is 0 Å². The van der Waals surface area contributed by atoms with E-state index in [0.29, 0.717) is 5.69 Å². The fourth-order valence-electron chi connectivity index (χ4n) is 3.70. The fourth-order valence-corrected chi connectivity index (χ4v) is 3.70. The van der Waals surface area contributed by atoms with Crippen LogP contribution in [0.25, 0.3) is 0 Å². The molecular weight excluding hydrogens is 386 g/mol. The van der Waals surface area contributed by atoms with Gasteiger partial charge in [0.2, 0.25) is 0 Å². The maximum absolute atomic E-state index is 13.0. The minimum Gasteiger partial charge on any atom is -0.466 e. The van der Waals surface area contributed by atoms with Gasteiger partial charge in [0.15, 0.2) is 6.04 Å². The first kappa shape index (κ1) is 21.1. The van der Waals surface area contributed by atoms with E-state index in [-0.39, 0.29) is 17.8 Å². The first-order valence-electron chi connectivity index (χ1n) is 9.50. The maximum Gasteiger partial charge on any atom is 0.337 e. The Bertz CT molecular complexity index is 954. The number of esters is 3. The van der Waals surface area contributed by atoms with Crippen molar-refractivity contribution in [1.82, 2.24) is 0 Å². The number of carbonyl (C=O) groups excluding carboxylic acids is 3. The molecule has 0 radical (unpaired) electrons. The Hall–Kier alpha value is -3.61. The second-order valence-corrected chi connectivity index (χ2v) is 6.52. The van der Waals surface area contributed by atoms with E-state index in [4.69, 9.17) is 14.2 Å². The van der Waals surface area contributed by atoms with Crippen LogP contribution in [-0.4, -0.2) is 44.8 Å². The topological polar surface area (TPSA) is 82.1 Å². The summed E-state index contributed by atoms with van der Waals surface area (Å²) in [5, 5.41) is 0. The highest BCUT2D eigenvalue weighted by atomic mass is 16.5. The summed E-state index contributed by atoms with van der Waals surface area (Å²) in [7, 11) is 2.44. The molecule has 0 saturated heterocycles. The minimum atomic E-state index is -1.17. The molecule has 3 rings (SSSR count). The molecule has 0 fully saturated rings. The molecule has 7 nitrogen and oxygen atoms in total. The summed E-state index contributed by atoms with van der Waals surface area (Å²) in [6.45, 7) is 1.80. The van der Waals surface area contributed by atoms with E-state index in [9.17, 15) is 14.4 Å². The molecule has 2 atom stereocenters. The molecule has 0 aliphatic carbocycles. The van der Waals surface area contributed by atoms with Crippen LogP contribution in [-0.2, 0) is 28.6 Å². The normalized spacial score (nSPS) is 18.2. The molecule has 1 aliphatic rings. The van der Waals surface area contributed by atoms with Gasteiger partial charge in [-0.3, -0.25) is 0 Å². The molecular formula is C23H23NO6. The molecule has 0 bridgehead atoms. The Morgan fingerprint density at radius 3 is 1.90 bits per heavy atom. The molecule has 0 N–H and O–H groups in total. The lowest BCUT2D eigenvalue weighted by Gasteiger charge is -2.33. The SMILES string of the molecule is CCOC(=O)[C@@H]1C(C(=O)OC)=C(C(=O)OC)[C@@H](c2ccccc2)N1c1ccccc1. The van der Waals surface area contributed by atoms with E-state index in [1.165, 1.54) is 14.2 Å². The van der Waals surface area contributed by atoms with Crippen molar-refractivity contribution in [3.63, 3.8) is 0 Å². The number of hydrogen-bond donors (Lipinski definition) is 0. The van der Waals surface area contributed by atoms with Crippen LogP contribution in [0.5, 0.6) is 0 Å². The van der Waals surface area contributed by atoms with Crippen molar-refractivity contribution in [2.75, 3.05) is 25.7 Å². The van der Waals surface area contributed by atoms with Crippen molar-refractivity contribution >= 4 is 23.6 Å². The molecule has 0 spiro atoms. The Morgan fingerprint density at radius 2 is 1.37 bits per heavy atom. The van der Waals surface area contributed by atoms with Crippen LogP contribution >= 0.6 is 0 Å². The molecule has 0 saturated carbocycles. The molecule has 7 heteroatoms. The molecule has 1 heterocycles. The second-order valence-electron chi connectivity index (χ2n) is 6.52. The lowest BCUT2D eigenvalue weighted by molar-refractivity contribution is -0.146. The van der Waals surface area contributed by atoms with E-state index in [1.807, 2.05) is 48.5 Å². The van der Waals surface area contributed by atoms with Gasteiger partial charge in [-0.15, -0.1) is 0 Å². The van der Waals surface area contributed by atoms with E-state index in [0.717, 1.165) is 5.56 Å². The van der Waals surface area contributed by atoms with Crippen molar-refractivity contribution in [2.45, 2.75) is 19.0 Å². The van der Waals surface area contributed by atoms with Crippen LogP contribution in [0, 0.1) is 0 Å². The van der Waals surface area contributed by atoms with Gasteiger partial charge >= 0.3 is 17.9 Å². The number of rotatable bonds is 6. The lowest BCUT2D eigenvalue weighted by atomic mass is 9.96. The van der Waals surface area contributed by atoms with Gasteiger partial charge in [-0.2, -0.15) is 0 Å². The highest BCUT2D eigenvalue weighted by molar-refractivity contribution is 6.10. The molecule has 1 aliphatic heterocycles. The monoisotopic (exact) mass is 409 g/mol. The minimum absolute atomic E-state index is 0.0532. The van der Waals surface area contributed by atoms with Gasteiger partial charge in [0.05, 0.1) is 38.0 Å². The van der Waals surface area contributed by atoms with Crippen LogP contribution in [0.4, 0.5) is 5.69 Å². The van der Waals surface area contributed by atoms with E-state index < -0.39 is 30.0 Å². The Balaban J connectivity index is 2.33. The molecule has 30 heavy (non-hydrogen) atoms. The lowest BCUT2D eigenvalue weighted by Crippen LogP contribution is -2.42. The first-order valence-corrected chi connectivity index (χ1v) is 9.50. The van der Waals surface area contributed by atoms with Crippen molar-refractivity contribution in [1.29, 1.82) is 0 Å². The summed E-state index contributed by atoms with van der Waals surface area (Å²) in [5.74, 6) is -2.15. The van der Waals surface area contributed by atoms with Crippen molar-refractivity contribution < 1.29 is 28.6 Å². The zero-order valence-electron chi connectivity index (χ0n) is 17.0. The number of anilines is 1. The summed E-state index contributed by atoms with van der Waals surface area (Å²) in [6, 6.07) is 16.3. The number of para-hydroxylation sites is 1. The van der Waals surface area contributed by atoms with E-state index in [2.05, 4.69) is 0 Å². The quantitative estimate of drug-likeness (QED) is 0.536. The number of benzene rings is 2. The number of nitrogens with zero attached hydrogens (tertiary/aromatic N) is 1. The van der Waals surface area contributed by atoms with E-state index in [1.54, 1.807) is 24.0 Å². The van der Waals surface area contributed by atoms with Gasteiger partial charge in [-0.05, 0) is 24.6 Å². The smallest absolute Gasteiger partial charge is 0.337 e. The summed E-state index contributed by atoms with van der Waals surface area (Å²) < 4.78 is 15.2. The maximum atomic E-state index is 13.0. The van der Waals surface area contributed by atoms with Crippen LogP contribution < -0.4 is 4.90 Å². The van der Waals surface area contributed by atoms with Gasteiger partial charge in [0.25, 0.3) is 0 Å². The highest BCUT2D eigenvalue weighted by Crippen LogP contribution is 2.45. The highest BCUT2D eigenvalue weighted by Gasteiger charge is 2.51. The van der Waals surface area contributed by atoms with Crippen LogP contribution in [0.1, 0.15) is 18.5 Å². The largest absolute Gasteiger partial charge is 0.466 e. The van der Waals surface area contributed by atoms with Gasteiger partial charge < -0.3 is 19.1 Å². The van der Waals surface area contributed by atoms with Crippen LogP contribution in [0.15, 0.2) is 71.8 Å². The van der Waals surface area contributed by atoms with Crippen LogP contribution in [0.2, 0.25) is 0 Å². The number of ether oxygens (including phenoxy) is 3. The standard InChI is InChI=1S/C23H23NO6/c1-4-30-23(27)20-18(22(26)29-3)17(21(25)28-2)19(15-11-7-5-8-12-15)24(20)16-13-9-6-10-14-16/h5-14,19-20H,4H2,1-3H3/t19-,20+/m1/s1. The Kier molecular flexibility index (Phi) is 6.51. The van der Waals surface area contributed by atoms with Crippen molar-refractivity contribution in [3.05, 3.63) is 77.4 Å². The zero-order chi connectivity index (χ0) is 21.7. The predicted octanol–water partition coefficient (Wildman–Crippen LogP) is 2.82. The van der Waals surface area contributed by atoms with Gasteiger partial charge in [-0.25, -0.2) is 14.4 Å². The Labute approximate surface area is 174 Å². The average Bonchev–Trinajstić information content (AvgIpc) is 3.15. The number of hydrogen-bond acceptors (Lipinski definition) is 7. The summed E-state index contributed by atoms with van der Waals surface area (Å²) in [6.07, 6.45) is 0. The third kappa shape index (κ3) is 3.78.